The molecule has 94 valence electrons. The molecule has 0 fully saturated rings. The number of nitrogens with two attached hydrogens (primary N) is 1. The van der Waals surface area contributed by atoms with Crippen LogP contribution in [0.25, 0.3) is 10.9 Å². The second-order valence-electron chi connectivity index (χ2n) is 4.13. The van der Waals surface area contributed by atoms with Gasteiger partial charge in [-0.1, -0.05) is 24.3 Å². The molecular weight excluding hydrogens is 240 g/mol. The summed E-state index contributed by atoms with van der Waals surface area (Å²) in [5, 5.41) is 7.97. The first-order valence-electron chi connectivity index (χ1n) is 5.83. The predicted molar refractivity (Wildman–Crippen MR) is 75.2 cm³/mol. The number of fused-ring (bicyclic) bond motifs is 1. The van der Waals surface area contributed by atoms with E-state index in [1.807, 2.05) is 36.4 Å². The minimum absolute atomic E-state index is 0.529. The van der Waals surface area contributed by atoms with E-state index in [4.69, 9.17) is 5.73 Å². The number of aromatic nitrogens is 2. The summed E-state index contributed by atoms with van der Waals surface area (Å²) < 4.78 is 0. The summed E-state index contributed by atoms with van der Waals surface area (Å²) in [7, 11) is 0. The van der Waals surface area contributed by atoms with E-state index < -0.39 is 0 Å². The van der Waals surface area contributed by atoms with Gasteiger partial charge in [-0.3, -0.25) is 14.8 Å². The number of hydrogen-bond donors (Lipinski definition) is 2. The first-order valence-corrected chi connectivity index (χ1v) is 5.83. The molecule has 5 nitrogen and oxygen atoms in total. The van der Waals surface area contributed by atoms with Crippen molar-refractivity contribution in [3.8, 4) is 0 Å². The molecular formula is C14H12N4O. The SMILES string of the molecule is Nc1ccccc1N(C=O)c1n[nH]c2ccccc12. The third-order valence-electron chi connectivity index (χ3n) is 2.98. The van der Waals surface area contributed by atoms with Gasteiger partial charge in [0.2, 0.25) is 6.41 Å². The van der Waals surface area contributed by atoms with Crippen molar-refractivity contribution in [2.24, 2.45) is 0 Å². The summed E-state index contributed by atoms with van der Waals surface area (Å²) in [6, 6.07) is 14.8. The van der Waals surface area contributed by atoms with Crippen LogP contribution in [0.2, 0.25) is 0 Å². The molecule has 19 heavy (non-hydrogen) atoms. The maximum Gasteiger partial charge on any atom is 0.220 e. The Morgan fingerprint density at radius 3 is 2.63 bits per heavy atom. The van der Waals surface area contributed by atoms with E-state index in [0.29, 0.717) is 23.6 Å². The normalized spacial score (nSPS) is 10.5. The first-order chi connectivity index (χ1) is 9.31. The number of nitrogens with one attached hydrogen (secondary N) is 1. The Balaban J connectivity index is 2.18. The maximum atomic E-state index is 11.4. The van der Waals surface area contributed by atoms with Crippen LogP contribution in [0.15, 0.2) is 48.5 Å². The molecule has 0 aliphatic rings. The van der Waals surface area contributed by atoms with E-state index in [1.54, 1.807) is 12.1 Å². The Hall–Kier alpha value is -2.82. The molecule has 0 atom stereocenters. The highest BCUT2D eigenvalue weighted by atomic mass is 16.1. The zero-order chi connectivity index (χ0) is 13.2. The topological polar surface area (TPSA) is 75.0 Å². The third-order valence-corrected chi connectivity index (χ3v) is 2.98. The van der Waals surface area contributed by atoms with Crippen LogP contribution in [-0.2, 0) is 4.79 Å². The number of aromatic amines is 1. The van der Waals surface area contributed by atoms with Crippen molar-refractivity contribution in [1.82, 2.24) is 10.2 Å². The maximum absolute atomic E-state index is 11.4. The second kappa shape index (κ2) is 4.45. The fourth-order valence-corrected chi connectivity index (χ4v) is 2.06. The van der Waals surface area contributed by atoms with E-state index in [2.05, 4.69) is 10.2 Å². The third kappa shape index (κ3) is 1.81. The smallest absolute Gasteiger partial charge is 0.220 e. The van der Waals surface area contributed by atoms with Gasteiger partial charge < -0.3 is 5.73 Å². The highest BCUT2D eigenvalue weighted by Gasteiger charge is 2.16. The number of nitrogens with zero attached hydrogens (tertiary/aromatic N) is 2. The average molecular weight is 252 g/mol. The van der Waals surface area contributed by atoms with Crippen LogP contribution in [0.1, 0.15) is 0 Å². The average Bonchev–Trinajstić information content (AvgIpc) is 2.86. The Bertz CT molecular complexity index is 735. The number of amides is 1. The Morgan fingerprint density at radius 2 is 1.84 bits per heavy atom. The fourth-order valence-electron chi connectivity index (χ4n) is 2.06. The van der Waals surface area contributed by atoms with Gasteiger partial charge in [0.05, 0.1) is 16.9 Å². The number of nitrogen functional groups attached to an aromatic ring is 1. The summed E-state index contributed by atoms with van der Waals surface area (Å²) >= 11 is 0. The largest absolute Gasteiger partial charge is 0.397 e. The number of anilines is 3. The molecule has 0 bridgehead atoms. The van der Waals surface area contributed by atoms with Crippen LogP contribution >= 0.6 is 0 Å². The van der Waals surface area contributed by atoms with Gasteiger partial charge in [-0.25, -0.2) is 0 Å². The second-order valence-corrected chi connectivity index (χ2v) is 4.13. The minimum atomic E-state index is 0.529. The van der Waals surface area contributed by atoms with Crippen molar-refractivity contribution in [2.75, 3.05) is 10.6 Å². The minimum Gasteiger partial charge on any atom is -0.397 e. The molecule has 0 radical (unpaired) electrons. The number of H-pyrrole nitrogens is 1. The molecule has 1 amide bonds. The quantitative estimate of drug-likeness (QED) is 0.555. The van der Waals surface area contributed by atoms with Gasteiger partial charge in [0.15, 0.2) is 5.82 Å². The molecule has 2 aromatic carbocycles. The lowest BCUT2D eigenvalue weighted by molar-refractivity contribution is -0.106. The number of carbonyl (C=O) groups excluding carboxylic acids is 1. The van der Waals surface area contributed by atoms with Crippen LogP contribution < -0.4 is 10.6 Å². The molecule has 3 rings (SSSR count). The van der Waals surface area contributed by atoms with Crippen LogP contribution in [0.3, 0.4) is 0 Å². The molecule has 0 aliphatic heterocycles. The van der Waals surface area contributed by atoms with Gasteiger partial charge in [0, 0.05) is 5.39 Å². The van der Waals surface area contributed by atoms with E-state index in [1.165, 1.54) is 4.90 Å². The lowest BCUT2D eigenvalue weighted by Gasteiger charge is -2.16. The molecule has 0 saturated heterocycles. The standard InChI is InChI=1S/C14H12N4O/c15-11-6-2-4-8-13(11)18(9-19)14-10-5-1-3-7-12(10)16-17-14/h1-9H,15H2,(H,16,17). The number of carbonyl (C=O) groups is 1. The van der Waals surface area contributed by atoms with Gasteiger partial charge in [0.25, 0.3) is 0 Å². The van der Waals surface area contributed by atoms with Crippen LogP contribution in [0.4, 0.5) is 17.2 Å². The van der Waals surface area contributed by atoms with Crippen molar-refractivity contribution in [1.29, 1.82) is 0 Å². The van der Waals surface area contributed by atoms with Gasteiger partial charge in [-0.05, 0) is 24.3 Å². The van der Waals surface area contributed by atoms with Crippen LogP contribution in [0.5, 0.6) is 0 Å². The molecule has 1 aromatic heterocycles. The summed E-state index contributed by atoms with van der Waals surface area (Å²) in [4.78, 5) is 12.9. The molecule has 0 unspecified atom stereocenters. The number of benzene rings is 2. The molecule has 5 heteroatoms. The summed E-state index contributed by atoms with van der Waals surface area (Å²) in [5.74, 6) is 0.545. The molecule has 0 aliphatic carbocycles. The lowest BCUT2D eigenvalue weighted by atomic mass is 10.2. The highest BCUT2D eigenvalue weighted by molar-refractivity contribution is 6.00. The van der Waals surface area contributed by atoms with E-state index in [-0.39, 0.29) is 0 Å². The fraction of sp³-hybridized carbons (Fsp3) is 0. The van der Waals surface area contributed by atoms with Gasteiger partial charge in [-0.2, -0.15) is 5.10 Å². The van der Waals surface area contributed by atoms with Crippen LogP contribution in [-0.4, -0.2) is 16.6 Å². The van der Waals surface area contributed by atoms with Crippen LogP contribution in [0, 0.1) is 0 Å². The molecule has 3 aromatic rings. The Kier molecular flexibility index (Phi) is 2.64. The van der Waals surface area contributed by atoms with Crippen molar-refractivity contribution in [2.45, 2.75) is 0 Å². The predicted octanol–water partition coefficient (Wildman–Crippen LogP) is 2.44. The first kappa shape index (κ1) is 11.3. The zero-order valence-corrected chi connectivity index (χ0v) is 10.1. The van der Waals surface area contributed by atoms with Crippen molar-refractivity contribution in [3.63, 3.8) is 0 Å². The van der Waals surface area contributed by atoms with Gasteiger partial charge in [0.1, 0.15) is 0 Å². The van der Waals surface area contributed by atoms with Crippen molar-refractivity contribution >= 4 is 34.5 Å². The van der Waals surface area contributed by atoms with E-state index in [0.717, 1.165) is 10.9 Å². The number of hydrogen-bond acceptors (Lipinski definition) is 3. The molecule has 0 spiro atoms. The summed E-state index contributed by atoms with van der Waals surface area (Å²) in [5.41, 5.74) is 7.93. The zero-order valence-electron chi connectivity index (χ0n) is 10.1. The monoisotopic (exact) mass is 252 g/mol. The summed E-state index contributed by atoms with van der Waals surface area (Å²) in [6.45, 7) is 0. The Labute approximate surface area is 109 Å². The van der Waals surface area contributed by atoms with E-state index in [9.17, 15) is 4.79 Å². The summed E-state index contributed by atoms with van der Waals surface area (Å²) in [6.07, 6.45) is 0.717. The highest BCUT2D eigenvalue weighted by Crippen LogP contribution is 2.31. The number of rotatable bonds is 3. The lowest BCUT2D eigenvalue weighted by Crippen LogP contribution is -2.16. The Morgan fingerprint density at radius 1 is 1.11 bits per heavy atom. The van der Waals surface area contributed by atoms with Crippen molar-refractivity contribution in [3.05, 3.63) is 48.5 Å². The molecule has 0 saturated carbocycles. The number of para-hydroxylation sites is 3. The van der Waals surface area contributed by atoms with Crippen molar-refractivity contribution < 1.29 is 4.79 Å². The van der Waals surface area contributed by atoms with E-state index >= 15 is 0 Å². The molecule has 1 heterocycles. The molecule has 3 N–H and O–H groups in total. The van der Waals surface area contributed by atoms with Gasteiger partial charge in [-0.15, -0.1) is 0 Å². The van der Waals surface area contributed by atoms with Gasteiger partial charge >= 0.3 is 0 Å².